The largest absolute Gasteiger partial charge is 0.355 e. The van der Waals surface area contributed by atoms with Crippen LogP contribution in [-0.2, 0) is 14.8 Å². The van der Waals surface area contributed by atoms with Gasteiger partial charge in [0, 0.05) is 40.8 Å². The van der Waals surface area contributed by atoms with Crippen LogP contribution in [0.4, 0.5) is 0 Å². The molecule has 1 amide bonds. The maximum Gasteiger partial charge on any atom is 0.241 e. The van der Waals surface area contributed by atoms with Crippen LogP contribution in [0.25, 0.3) is 0 Å². The summed E-state index contributed by atoms with van der Waals surface area (Å²) in [6.07, 6.45) is 0.687. The Morgan fingerprint density at radius 3 is 2.55 bits per heavy atom. The predicted octanol–water partition coefficient (Wildman–Crippen LogP) is -1.72. The Balaban J connectivity index is 2.30. The molecule has 1 aliphatic heterocycles. The van der Waals surface area contributed by atoms with Crippen LogP contribution >= 0.6 is 0 Å². The zero-order valence-electron chi connectivity index (χ0n) is 12.2. The van der Waals surface area contributed by atoms with E-state index in [0.29, 0.717) is 32.0 Å². The Hall–Kier alpha value is -1.35. The van der Waals surface area contributed by atoms with E-state index in [1.807, 2.05) is 0 Å². The lowest BCUT2D eigenvalue weighted by Gasteiger charge is -2.17. The topological polar surface area (TPSA) is 94.1 Å². The summed E-state index contributed by atoms with van der Waals surface area (Å²) in [4.78, 5) is 16.9. The molecular formula is C11H23N5O3S. The summed E-state index contributed by atoms with van der Waals surface area (Å²) in [5, 5.41) is 5.87. The second kappa shape index (κ2) is 7.44. The maximum atomic E-state index is 11.6. The third-order valence-electron chi connectivity index (χ3n) is 2.99. The van der Waals surface area contributed by atoms with E-state index in [9.17, 15) is 13.2 Å². The van der Waals surface area contributed by atoms with Crippen LogP contribution < -0.4 is 10.6 Å². The number of guanidine groups is 1. The molecule has 0 radical (unpaired) electrons. The molecule has 1 heterocycles. The Morgan fingerprint density at radius 1 is 1.35 bits per heavy atom. The van der Waals surface area contributed by atoms with E-state index >= 15 is 0 Å². The minimum atomic E-state index is -3.06. The van der Waals surface area contributed by atoms with Gasteiger partial charge in [-0.1, -0.05) is 0 Å². The monoisotopic (exact) mass is 305 g/mol. The number of nitrogens with one attached hydrogen (secondary N) is 2. The van der Waals surface area contributed by atoms with Crippen molar-refractivity contribution in [2.75, 3.05) is 53.1 Å². The van der Waals surface area contributed by atoms with Gasteiger partial charge in [-0.2, -0.15) is 0 Å². The second-order valence-electron chi connectivity index (χ2n) is 4.71. The molecular weight excluding hydrogens is 282 g/mol. The van der Waals surface area contributed by atoms with Gasteiger partial charge in [0.05, 0.1) is 12.3 Å². The molecule has 0 bridgehead atoms. The number of aliphatic imine (C=N–C) groups is 1. The van der Waals surface area contributed by atoms with Crippen molar-refractivity contribution in [1.82, 2.24) is 19.8 Å². The summed E-state index contributed by atoms with van der Waals surface area (Å²) in [6.45, 7) is 1.59. The molecule has 0 aromatic heterocycles. The van der Waals surface area contributed by atoms with Gasteiger partial charge in [-0.05, 0) is 6.42 Å². The minimum absolute atomic E-state index is 0.0601. The summed E-state index contributed by atoms with van der Waals surface area (Å²) in [5.41, 5.74) is 0. The van der Waals surface area contributed by atoms with Crippen molar-refractivity contribution in [2.45, 2.75) is 6.42 Å². The van der Waals surface area contributed by atoms with E-state index in [2.05, 4.69) is 15.6 Å². The van der Waals surface area contributed by atoms with Gasteiger partial charge < -0.3 is 15.5 Å². The number of rotatable bonds is 5. The lowest BCUT2D eigenvalue weighted by atomic mass is 10.4. The number of carbonyl (C=O) groups excluding carboxylic acids is 1. The van der Waals surface area contributed by atoms with Gasteiger partial charge in [-0.15, -0.1) is 0 Å². The maximum absolute atomic E-state index is 11.6. The molecule has 9 heteroatoms. The molecule has 0 aromatic rings. The fourth-order valence-corrected chi connectivity index (χ4v) is 3.31. The van der Waals surface area contributed by atoms with E-state index in [1.165, 1.54) is 9.21 Å². The van der Waals surface area contributed by atoms with Crippen LogP contribution in [0.1, 0.15) is 6.42 Å². The standard InChI is InChI=1S/C11H23N5O3S/c1-12-11(14-9-10(17)15(2)3)13-5-7-16-6-4-8-20(16,18)19/h4-9H2,1-3H3,(H2,12,13,14). The summed E-state index contributed by atoms with van der Waals surface area (Å²) in [6, 6.07) is 0. The van der Waals surface area contributed by atoms with Crippen molar-refractivity contribution >= 4 is 21.9 Å². The first kappa shape index (κ1) is 16.7. The third kappa shape index (κ3) is 4.97. The Kier molecular flexibility index (Phi) is 6.21. The first-order valence-corrected chi connectivity index (χ1v) is 8.10. The average molecular weight is 305 g/mol. The quantitative estimate of drug-likeness (QED) is 0.465. The van der Waals surface area contributed by atoms with Crippen LogP contribution in [0, 0.1) is 0 Å². The lowest BCUT2D eigenvalue weighted by Crippen LogP contribution is -2.45. The molecule has 0 saturated carbocycles. The van der Waals surface area contributed by atoms with Gasteiger partial charge in [-0.3, -0.25) is 9.79 Å². The summed E-state index contributed by atoms with van der Waals surface area (Å²) >= 11 is 0. The first-order chi connectivity index (χ1) is 9.36. The van der Waals surface area contributed by atoms with E-state index in [1.54, 1.807) is 21.1 Å². The number of carbonyl (C=O) groups is 1. The van der Waals surface area contributed by atoms with Crippen molar-refractivity contribution in [3.05, 3.63) is 0 Å². The number of sulfonamides is 1. The Morgan fingerprint density at radius 2 is 2.05 bits per heavy atom. The van der Waals surface area contributed by atoms with Crippen molar-refractivity contribution in [3.63, 3.8) is 0 Å². The smallest absolute Gasteiger partial charge is 0.241 e. The number of nitrogens with zero attached hydrogens (tertiary/aromatic N) is 3. The fourth-order valence-electron chi connectivity index (χ4n) is 1.78. The zero-order chi connectivity index (χ0) is 15.2. The van der Waals surface area contributed by atoms with Crippen LogP contribution in [0.2, 0.25) is 0 Å². The molecule has 0 aromatic carbocycles. The molecule has 2 N–H and O–H groups in total. The molecule has 1 fully saturated rings. The van der Waals surface area contributed by atoms with E-state index in [0.717, 1.165) is 0 Å². The molecule has 1 rings (SSSR count). The van der Waals surface area contributed by atoms with Gasteiger partial charge in [0.1, 0.15) is 0 Å². The minimum Gasteiger partial charge on any atom is -0.355 e. The van der Waals surface area contributed by atoms with Gasteiger partial charge in [0.25, 0.3) is 0 Å². The van der Waals surface area contributed by atoms with Gasteiger partial charge in [0.2, 0.25) is 15.9 Å². The highest BCUT2D eigenvalue weighted by molar-refractivity contribution is 7.89. The molecule has 0 aliphatic carbocycles. The SMILES string of the molecule is CN=C(NCCN1CCCS1(=O)=O)NCC(=O)N(C)C. The van der Waals surface area contributed by atoms with Gasteiger partial charge in [-0.25, -0.2) is 12.7 Å². The normalized spacial score (nSPS) is 18.9. The lowest BCUT2D eigenvalue weighted by molar-refractivity contribution is -0.127. The van der Waals surface area contributed by atoms with E-state index in [-0.39, 0.29) is 18.2 Å². The number of likely N-dealkylation sites (N-methyl/N-ethyl adjacent to an activating group) is 1. The van der Waals surface area contributed by atoms with E-state index < -0.39 is 10.0 Å². The zero-order valence-corrected chi connectivity index (χ0v) is 13.0. The molecule has 0 unspecified atom stereocenters. The molecule has 0 atom stereocenters. The Labute approximate surface area is 120 Å². The molecule has 1 saturated heterocycles. The van der Waals surface area contributed by atoms with Gasteiger partial charge in [0.15, 0.2) is 5.96 Å². The van der Waals surface area contributed by atoms with Crippen LogP contribution in [-0.4, -0.2) is 82.6 Å². The first-order valence-electron chi connectivity index (χ1n) is 6.49. The summed E-state index contributed by atoms with van der Waals surface area (Å²) in [5.74, 6) is 0.656. The second-order valence-corrected chi connectivity index (χ2v) is 6.80. The highest BCUT2D eigenvalue weighted by atomic mass is 32.2. The number of hydrogen-bond acceptors (Lipinski definition) is 4. The van der Waals surface area contributed by atoms with Crippen molar-refractivity contribution in [1.29, 1.82) is 0 Å². The average Bonchev–Trinajstić information content (AvgIpc) is 2.72. The van der Waals surface area contributed by atoms with E-state index in [4.69, 9.17) is 0 Å². The van der Waals surface area contributed by atoms with Crippen molar-refractivity contribution < 1.29 is 13.2 Å². The highest BCUT2D eigenvalue weighted by Gasteiger charge is 2.27. The molecule has 20 heavy (non-hydrogen) atoms. The highest BCUT2D eigenvalue weighted by Crippen LogP contribution is 2.11. The number of hydrogen-bond donors (Lipinski definition) is 2. The van der Waals surface area contributed by atoms with Gasteiger partial charge >= 0.3 is 0 Å². The third-order valence-corrected chi connectivity index (χ3v) is 4.94. The Bertz CT molecular complexity index is 461. The van der Waals surface area contributed by atoms with Crippen LogP contribution in [0.3, 0.4) is 0 Å². The predicted molar refractivity (Wildman–Crippen MR) is 78.0 cm³/mol. The molecule has 8 nitrogen and oxygen atoms in total. The summed E-state index contributed by atoms with van der Waals surface area (Å²) in [7, 11) is 1.90. The summed E-state index contributed by atoms with van der Waals surface area (Å²) < 4.78 is 24.7. The van der Waals surface area contributed by atoms with Crippen LogP contribution in [0.5, 0.6) is 0 Å². The molecule has 0 spiro atoms. The molecule has 1 aliphatic rings. The fraction of sp³-hybridized carbons (Fsp3) is 0.818. The number of amides is 1. The molecule has 116 valence electrons. The van der Waals surface area contributed by atoms with Crippen LogP contribution in [0.15, 0.2) is 4.99 Å². The van der Waals surface area contributed by atoms with Crippen molar-refractivity contribution in [3.8, 4) is 0 Å². The van der Waals surface area contributed by atoms with Crippen molar-refractivity contribution in [2.24, 2.45) is 4.99 Å².